The number of benzene rings is 1. The summed E-state index contributed by atoms with van der Waals surface area (Å²) in [6.07, 6.45) is 2.46. The Balaban J connectivity index is 2.16. The Hall–Kier alpha value is -1.93. The summed E-state index contributed by atoms with van der Waals surface area (Å²) in [6, 6.07) is 7.65. The van der Waals surface area contributed by atoms with Gasteiger partial charge in [0, 0.05) is 6.26 Å². The summed E-state index contributed by atoms with van der Waals surface area (Å²) in [5.41, 5.74) is 1.26. The van der Waals surface area contributed by atoms with Crippen LogP contribution in [0.5, 0.6) is 0 Å². The monoisotopic (exact) mass is 292 g/mol. The number of nitrogens with zero attached hydrogens (tertiary/aromatic N) is 4. The van der Waals surface area contributed by atoms with Gasteiger partial charge in [0.15, 0.2) is 0 Å². The van der Waals surface area contributed by atoms with Gasteiger partial charge in [-0.15, -0.1) is 16.4 Å². The van der Waals surface area contributed by atoms with E-state index in [0.717, 1.165) is 16.5 Å². The van der Waals surface area contributed by atoms with E-state index in [1.165, 1.54) is 17.5 Å². The zero-order chi connectivity index (χ0) is 13.5. The second-order valence-electron chi connectivity index (χ2n) is 3.88. The molecule has 96 valence electrons. The molecule has 2 aromatic heterocycles. The van der Waals surface area contributed by atoms with E-state index in [1.54, 1.807) is 0 Å². The molecule has 8 heteroatoms. The van der Waals surface area contributed by atoms with Gasteiger partial charge in [0.1, 0.15) is 10.7 Å². The van der Waals surface area contributed by atoms with Crippen molar-refractivity contribution in [2.24, 2.45) is 0 Å². The van der Waals surface area contributed by atoms with Crippen LogP contribution >= 0.6 is 11.3 Å². The second-order valence-corrected chi connectivity index (χ2v) is 6.82. The van der Waals surface area contributed by atoms with Gasteiger partial charge < -0.3 is 0 Å². The molecule has 0 aliphatic rings. The predicted octanol–water partition coefficient (Wildman–Crippen LogP) is 1.55. The molecule has 0 unspecified atom stereocenters. The third kappa shape index (κ3) is 2.32. The minimum Gasteiger partial charge on any atom is -0.234 e. The van der Waals surface area contributed by atoms with Crippen molar-refractivity contribution in [3.8, 4) is 10.7 Å². The average Bonchev–Trinajstić information content (AvgIpc) is 2.81. The van der Waals surface area contributed by atoms with Crippen LogP contribution in [0.4, 0.5) is 0 Å². The Morgan fingerprint density at radius 3 is 2.68 bits per heavy atom. The first-order valence-corrected chi connectivity index (χ1v) is 8.00. The highest BCUT2D eigenvalue weighted by Gasteiger charge is 2.15. The molecule has 0 atom stereocenters. The van der Waals surface area contributed by atoms with Crippen LogP contribution in [0, 0.1) is 0 Å². The molecule has 0 N–H and O–H groups in total. The smallest absolute Gasteiger partial charge is 0.234 e. The SMILES string of the molecule is CS(=O)(=O)c1nncc(-c2nc3ccccc3s2)n1. The highest BCUT2D eigenvalue weighted by atomic mass is 32.2. The number of thiazole rings is 1. The Bertz CT molecular complexity index is 825. The molecule has 0 aliphatic carbocycles. The molecule has 1 aromatic carbocycles. The van der Waals surface area contributed by atoms with Crippen molar-refractivity contribution in [1.82, 2.24) is 20.2 Å². The van der Waals surface area contributed by atoms with Crippen LogP contribution < -0.4 is 0 Å². The van der Waals surface area contributed by atoms with E-state index < -0.39 is 9.84 Å². The van der Waals surface area contributed by atoms with Crippen molar-refractivity contribution in [2.45, 2.75) is 5.16 Å². The van der Waals surface area contributed by atoms with Crippen LogP contribution in [0.2, 0.25) is 0 Å². The highest BCUT2D eigenvalue weighted by molar-refractivity contribution is 7.90. The van der Waals surface area contributed by atoms with Crippen LogP contribution in [-0.2, 0) is 9.84 Å². The molecule has 0 saturated heterocycles. The summed E-state index contributed by atoms with van der Waals surface area (Å²) in [6.45, 7) is 0. The van der Waals surface area contributed by atoms with Gasteiger partial charge in [0.25, 0.3) is 5.16 Å². The second kappa shape index (κ2) is 4.32. The summed E-state index contributed by atoms with van der Waals surface area (Å²) in [7, 11) is -3.47. The van der Waals surface area contributed by atoms with E-state index in [9.17, 15) is 8.42 Å². The first-order valence-electron chi connectivity index (χ1n) is 5.30. The summed E-state index contributed by atoms with van der Waals surface area (Å²) >= 11 is 1.43. The average molecular weight is 292 g/mol. The molecule has 0 amide bonds. The number of aromatic nitrogens is 4. The van der Waals surface area contributed by atoms with Gasteiger partial charge in [-0.05, 0) is 12.1 Å². The lowest BCUT2D eigenvalue weighted by Crippen LogP contribution is -2.06. The molecule has 0 bridgehead atoms. The van der Waals surface area contributed by atoms with E-state index in [2.05, 4.69) is 20.2 Å². The molecular weight excluding hydrogens is 284 g/mol. The first kappa shape index (κ1) is 12.1. The van der Waals surface area contributed by atoms with Gasteiger partial charge in [-0.3, -0.25) is 0 Å². The predicted molar refractivity (Wildman–Crippen MR) is 71.6 cm³/mol. The Kier molecular flexibility index (Phi) is 2.76. The summed E-state index contributed by atoms with van der Waals surface area (Å²) in [5, 5.41) is 7.53. The first-order chi connectivity index (χ1) is 9.04. The molecule has 6 nitrogen and oxygen atoms in total. The third-order valence-corrected chi connectivity index (χ3v) is 4.28. The maximum Gasteiger partial charge on any atom is 0.267 e. The van der Waals surface area contributed by atoms with Crippen molar-refractivity contribution < 1.29 is 8.42 Å². The fourth-order valence-electron chi connectivity index (χ4n) is 1.53. The number of hydrogen-bond acceptors (Lipinski definition) is 7. The van der Waals surface area contributed by atoms with Gasteiger partial charge in [-0.1, -0.05) is 12.1 Å². The van der Waals surface area contributed by atoms with Gasteiger partial charge in [-0.25, -0.2) is 18.4 Å². The summed E-state index contributed by atoms with van der Waals surface area (Å²) in [5.74, 6) is 0. The zero-order valence-corrected chi connectivity index (χ0v) is 11.4. The fraction of sp³-hybridized carbons (Fsp3) is 0.0909. The van der Waals surface area contributed by atoms with E-state index in [4.69, 9.17) is 0 Å². The summed E-state index contributed by atoms with van der Waals surface area (Å²) in [4.78, 5) is 8.40. The van der Waals surface area contributed by atoms with Crippen molar-refractivity contribution in [2.75, 3.05) is 6.26 Å². The van der Waals surface area contributed by atoms with Crippen LogP contribution in [0.3, 0.4) is 0 Å². The molecule has 0 radical (unpaired) electrons. The zero-order valence-electron chi connectivity index (χ0n) is 9.81. The van der Waals surface area contributed by atoms with E-state index in [1.807, 2.05) is 24.3 Å². The van der Waals surface area contributed by atoms with Crippen molar-refractivity contribution in [3.63, 3.8) is 0 Å². The molecule has 0 aliphatic heterocycles. The topological polar surface area (TPSA) is 85.7 Å². The Labute approximate surface area is 113 Å². The van der Waals surface area contributed by atoms with E-state index >= 15 is 0 Å². The van der Waals surface area contributed by atoms with E-state index in [0.29, 0.717) is 10.7 Å². The summed E-state index contributed by atoms with van der Waals surface area (Å²) < 4.78 is 23.8. The van der Waals surface area contributed by atoms with Crippen LogP contribution in [0.1, 0.15) is 0 Å². The number of sulfone groups is 1. The Morgan fingerprint density at radius 2 is 1.95 bits per heavy atom. The largest absolute Gasteiger partial charge is 0.267 e. The van der Waals surface area contributed by atoms with Crippen LogP contribution in [0.15, 0.2) is 35.6 Å². The van der Waals surface area contributed by atoms with Crippen LogP contribution in [-0.4, -0.2) is 34.8 Å². The Morgan fingerprint density at radius 1 is 1.16 bits per heavy atom. The fourth-order valence-corrected chi connectivity index (χ4v) is 2.91. The standard InChI is InChI=1S/C11H8N4O2S2/c1-19(16,17)11-14-8(6-12-15-11)10-13-7-4-2-3-5-9(7)18-10/h2-6H,1H3. The van der Waals surface area contributed by atoms with Crippen molar-refractivity contribution in [3.05, 3.63) is 30.5 Å². The van der Waals surface area contributed by atoms with Gasteiger partial charge in [0.2, 0.25) is 9.84 Å². The minimum absolute atomic E-state index is 0.288. The number of rotatable bonds is 2. The molecule has 19 heavy (non-hydrogen) atoms. The maximum absolute atomic E-state index is 11.4. The van der Waals surface area contributed by atoms with Crippen LogP contribution in [0.25, 0.3) is 20.9 Å². The molecule has 2 heterocycles. The minimum atomic E-state index is -3.47. The van der Waals surface area contributed by atoms with Gasteiger partial charge in [0.05, 0.1) is 16.4 Å². The number of para-hydroxylation sites is 1. The molecule has 3 rings (SSSR count). The number of fused-ring (bicyclic) bond motifs is 1. The quantitative estimate of drug-likeness (QED) is 0.712. The number of hydrogen-bond donors (Lipinski definition) is 0. The molecule has 0 spiro atoms. The maximum atomic E-state index is 11.4. The lowest BCUT2D eigenvalue weighted by Gasteiger charge is -1.97. The molecular formula is C11H8N4O2S2. The van der Waals surface area contributed by atoms with E-state index in [-0.39, 0.29) is 5.16 Å². The van der Waals surface area contributed by atoms with Gasteiger partial charge >= 0.3 is 0 Å². The molecule has 0 fully saturated rings. The van der Waals surface area contributed by atoms with Crippen molar-refractivity contribution >= 4 is 31.4 Å². The molecule has 3 aromatic rings. The molecule has 0 saturated carbocycles. The van der Waals surface area contributed by atoms with Gasteiger partial charge in [-0.2, -0.15) is 5.10 Å². The third-order valence-electron chi connectivity index (χ3n) is 2.38. The van der Waals surface area contributed by atoms with Crippen molar-refractivity contribution in [1.29, 1.82) is 0 Å². The highest BCUT2D eigenvalue weighted by Crippen LogP contribution is 2.28. The lowest BCUT2D eigenvalue weighted by atomic mass is 10.3. The normalized spacial score (nSPS) is 11.8. The lowest BCUT2D eigenvalue weighted by molar-refractivity contribution is 0.589.